The van der Waals surface area contributed by atoms with E-state index in [1.165, 1.54) is 15.5 Å². The molecule has 0 atom stereocenters. The van der Waals surface area contributed by atoms with Crippen LogP contribution in [0.15, 0.2) is 60.3 Å². The molecule has 8 nitrogen and oxygen atoms in total. The Bertz CT molecular complexity index is 1200. The highest BCUT2D eigenvalue weighted by Gasteiger charge is 2.26. The van der Waals surface area contributed by atoms with Gasteiger partial charge in [0.2, 0.25) is 11.8 Å². The second-order valence-electron chi connectivity index (χ2n) is 8.19. The van der Waals surface area contributed by atoms with Crippen molar-refractivity contribution in [3.63, 3.8) is 0 Å². The van der Waals surface area contributed by atoms with Crippen molar-refractivity contribution in [2.24, 2.45) is 0 Å². The number of nitrogens with zero attached hydrogens (tertiary/aromatic N) is 2. The van der Waals surface area contributed by atoms with Crippen LogP contribution >= 0.6 is 0 Å². The number of phenols is 1. The van der Waals surface area contributed by atoms with E-state index in [2.05, 4.69) is 16.7 Å². The monoisotopic (exact) mass is 448 g/mol. The van der Waals surface area contributed by atoms with E-state index >= 15 is 0 Å². The number of phenolic OH excluding ortho intramolecular Hbond substituents is 1. The summed E-state index contributed by atoms with van der Waals surface area (Å²) in [7, 11) is 3.21. The first-order valence-electron chi connectivity index (χ1n) is 10.9. The van der Waals surface area contributed by atoms with Crippen LogP contribution in [-0.4, -0.2) is 44.8 Å². The number of nitrogens with one attached hydrogen (secondary N) is 2. The lowest BCUT2D eigenvalue weighted by atomic mass is 10.0. The zero-order valence-corrected chi connectivity index (χ0v) is 18.7. The first kappa shape index (κ1) is 22.1. The van der Waals surface area contributed by atoms with Gasteiger partial charge >= 0.3 is 0 Å². The largest absolute Gasteiger partial charge is 0.505 e. The summed E-state index contributed by atoms with van der Waals surface area (Å²) >= 11 is 0. The molecule has 8 heteroatoms. The zero-order valence-electron chi connectivity index (χ0n) is 18.7. The van der Waals surface area contributed by atoms with Crippen LogP contribution in [0.25, 0.3) is 5.69 Å². The lowest BCUT2D eigenvalue weighted by Crippen LogP contribution is -2.21. The van der Waals surface area contributed by atoms with Crippen molar-refractivity contribution >= 4 is 23.0 Å². The molecule has 1 aliphatic rings. The topological polar surface area (TPSA) is 110 Å². The molecule has 1 aromatic heterocycles. The summed E-state index contributed by atoms with van der Waals surface area (Å²) < 4.78 is 1.32. The van der Waals surface area contributed by atoms with Gasteiger partial charge in [-0.25, -0.2) is 4.57 Å². The zero-order chi connectivity index (χ0) is 23.5. The molecule has 1 aliphatic carbocycles. The molecule has 0 bridgehead atoms. The number of anilines is 3. The molecule has 4 rings (SSSR count). The Morgan fingerprint density at radius 2 is 1.61 bits per heavy atom. The highest BCUT2D eigenvalue weighted by Crippen LogP contribution is 2.48. The molecule has 0 spiro atoms. The van der Waals surface area contributed by atoms with E-state index in [1.54, 1.807) is 50.5 Å². The van der Waals surface area contributed by atoms with Gasteiger partial charge in [-0.2, -0.15) is 0 Å². The van der Waals surface area contributed by atoms with Gasteiger partial charge in [-0.1, -0.05) is 30.3 Å². The molecule has 0 saturated carbocycles. The number of allylic oxidation sites excluding steroid dienone is 2. The van der Waals surface area contributed by atoms with Gasteiger partial charge in [0.15, 0.2) is 5.75 Å². The van der Waals surface area contributed by atoms with Gasteiger partial charge in [-0.05, 0) is 49.9 Å². The minimum absolute atomic E-state index is 0.126. The van der Waals surface area contributed by atoms with E-state index in [-0.39, 0.29) is 46.0 Å². The maximum absolute atomic E-state index is 12.4. The van der Waals surface area contributed by atoms with Gasteiger partial charge in [0.05, 0.1) is 16.9 Å². The van der Waals surface area contributed by atoms with Gasteiger partial charge in [0.1, 0.15) is 11.4 Å². The minimum atomic E-state index is -0.351. The van der Waals surface area contributed by atoms with Crippen LogP contribution in [0.5, 0.6) is 17.5 Å². The summed E-state index contributed by atoms with van der Waals surface area (Å²) in [6.07, 6.45) is 5.99. The molecule has 3 aromatic rings. The summed E-state index contributed by atoms with van der Waals surface area (Å²) in [5.41, 5.74) is 2.35. The number of carbonyl (C=O) groups excluding carboxylic acids is 1. The van der Waals surface area contributed by atoms with Gasteiger partial charge in [0.25, 0.3) is 5.91 Å². The van der Waals surface area contributed by atoms with Crippen molar-refractivity contribution < 1.29 is 20.1 Å². The van der Waals surface area contributed by atoms with E-state index in [9.17, 15) is 20.1 Å². The van der Waals surface area contributed by atoms with Gasteiger partial charge < -0.3 is 30.9 Å². The van der Waals surface area contributed by atoms with Crippen molar-refractivity contribution in [2.45, 2.75) is 25.7 Å². The Balaban J connectivity index is 1.81. The van der Waals surface area contributed by atoms with Crippen molar-refractivity contribution in [1.29, 1.82) is 0 Å². The van der Waals surface area contributed by atoms with Crippen LogP contribution < -0.4 is 10.6 Å². The van der Waals surface area contributed by atoms with E-state index in [0.29, 0.717) is 5.69 Å². The molecule has 0 fully saturated rings. The van der Waals surface area contributed by atoms with Crippen molar-refractivity contribution in [1.82, 2.24) is 9.47 Å². The SMILES string of the molecule is CN(C)C(=O)c1cccc(Nc2c(NC3=CCCCC3)c(O)n(-c3ccccc3)c2O)c1O. The van der Waals surface area contributed by atoms with Crippen molar-refractivity contribution in [3.8, 4) is 23.2 Å². The molecule has 172 valence electrons. The molecule has 5 N–H and O–H groups in total. The third-order valence-corrected chi connectivity index (χ3v) is 5.64. The summed E-state index contributed by atoms with van der Waals surface area (Å²) in [4.78, 5) is 13.8. The third-order valence-electron chi connectivity index (χ3n) is 5.64. The van der Waals surface area contributed by atoms with Crippen LogP contribution in [0.3, 0.4) is 0 Å². The lowest BCUT2D eigenvalue weighted by Gasteiger charge is -2.17. The predicted molar refractivity (Wildman–Crippen MR) is 129 cm³/mol. The molecular weight excluding hydrogens is 420 g/mol. The normalized spacial score (nSPS) is 13.3. The molecule has 1 amide bonds. The Morgan fingerprint density at radius 3 is 2.24 bits per heavy atom. The summed E-state index contributed by atoms with van der Waals surface area (Å²) in [5, 5.41) is 39.3. The van der Waals surface area contributed by atoms with Crippen LogP contribution in [0.1, 0.15) is 36.0 Å². The molecule has 0 radical (unpaired) electrons. The number of hydrogen-bond acceptors (Lipinski definition) is 6. The van der Waals surface area contributed by atoms with E-state index in [4.69, 9.17) is 0 Å². The Morgan fingerprint density at radius 1 is 0.909 bits per heavy atom. The number of rotatable bonds is 6. The summed E-state index contributed by atoms with van der Waals surface area (Å²) in [6, 6.07) is 13.8. The van der Waals surface area contributed by atoms with Crippen LogP contribution in [0.4, 0.5) is 17.1 Å². The number of benzene rings is 2. The highest BCUT2D eigenvalue weighted by atomic mass is 16.3. The van der Waals surface area contributed by atoms with E-state index in [0.717, 1.165) is 31.4 Å². The summed E-state index contributed by atoms with van der Waals surface area (Å²) in [5.74, 6) is -1.00. The van der Waals surface area contributed by atoms with Gasteiger partial charge in [0, 0.05) is 19.8 Å². The number of carbonyl (C=O) groups is 1. The number of aromatic nitrogens is 1. The summed E-state index contributed by atoms with van der Waals surface area (Å²) in [6.45, 7) is 0. The maximum atomic E-state index is 12.4. The van der Waals surface area contributed by atoms with Crippen LogP contribution in [0, 0.1) is 0 Å². The Hall–Kier alpha value is -4.07. The van der Waals surface area contributed by atoms with Gasteiger partial charge in [-0.15, -0.1) is 0 Å². The van der Waals surface area contributed by atoms with Crippen molar-refractivity contribution in [3.05, 3.63) is 65.9 Å². The molecule has 1 heterocycles. The molecule has 0 aliphatic heterocycles. The molecule has 33 heavy (non-hydrogen) atoms. The first-order chi connectivity index (χ1) is 15.9. The second kappa shape index (κ2) is 9.20. The Labute approximate surface area is 192 Å². The smallest absolute Gasteiger partial charge is 0.257 e. The van der Waals surface area contributed by atoms with Gasteiger partial charge in [-0.3, -0.25) is 4.79 Å². The van der Waals surface area contributed by atoms with E-state index in [1.807, 2.05) is 6.07 Å². The quantitative estimate of drug-likeness (QED) is 0.343. The standard InChI is InChI=1S/C25H28N4O4/c1-28(2)23(31)18-14-9-15-19(22(18)30)27-21-20(26-16-10-5-3-6-11-16)24(32)29(25(21)33)17-12-7-4-8-13-17/h4,7-10,12-15,26-27,30,32-33H,3,5-6,11H2,1-2H3. The predicted octanol–water partition coefficient (Wildman–Crippen LogP) is 4.91. The Kier molecular flexibility index (Phi) is 6.17. The molecular formula is C25H28N4O4. The molecule has 0 unspecified atom stereocenters. The fraction of sp³-hybridized carbons (Fsp3) is 0.240. The first-order valence-corrected chi connectivity index (χ1v) is 10.9. The average Bonchev–Trinajstić information content (AvgIpc) is 3.05. The lowest BCUT2D eigenvalue weighted by molar-refractivity contribution is 0.0824. The second-order valence-corrected chi connectivity index (χ2v) is 8.19. The number of para-hydroxylation sites is 2. The maximum Gasteiger partial charge on any atom is 0.257 e. The third kappa shape index (κ3) is 4.32. The van der Waals surface area contributed by atoms with E-state index < -0.39 is 0 Å². The average molecular weight is 449 g/mol. The fourth-order valence-electron chi connectivity index (χ4n) is 3.91. The van der Waals surface area contributed by atoms with Crippen LogP contribution in [-0.2, 0) is 0 Å². The highest BCUT2D eigenvalue weighted by molar-refractivity contribution is 5.99. The molecule has 0 saturated heterocycles. The number of amides is 1. The molecule has 2 aromatic carbocycles. The minimum Gasteiger partial charge on any atom is -0.505 e. The number of aromatic hydroxyl groups is 3. The number of hydrogen-bond donors (Lipinski definition) is 5. The fourth-order valence-corrected chi connectivity index (χ4v) is 3.91. The van der Waals surface area contributed by atoms with Crippen LogP contribution in [0.2, 0.25) is 0 Å². The van der Waals surface area contributed by atoms with Crippen molar-refractivity contribution in [2.75, 3.05) is 24.7 Å².